The van der Waals surface area contributed by atoms with Crippen LogP contribution in [0.3, 0.4) is 0 Å². The van der Waals surface area contributed by atoms with Gasteiger partial charge >= 0.3 is 0 Å². The number of hydrogen-bond acceptors (Lipinski definition) is 2. The molecule has 13 heavy (non-hydrogen) atoms. The van der Waals surface area contributed by atoms with Crippen LogP contribution in [0.15, 0.2) is 18.2 Å². The van der Waals surface area contributed by atoms with E-state index in [1.165, 1.54) is 0 Å². The summed E-state index contributed by atoms with van der Waals surface area (Å²) in [6.07, 6.45) is 1.48. The molecule has 1 rings (SSSR count). The van der Waals surface area contributed by atoms with Gasteiger partial charge in [-0.1, -0.05) is 13.0 Å². The molecule has 2 heteroatoms. The highest BCUT2D eigenvalue weighted by molar-refractivity contribution is 5.98. The predicted molar refractivity (Wildman–Crippen MR) is 54.8 cm³/mol. The summed E-state index contributed by atoms with van der Waals surface area (Å²) in [4.78, 5) is 11.6. The fraction of sp³-hybridized carbons (Fsp3) is 0.364. The Labute approximate surface area is 78.8 Å². The van der Waals surface area contributed by atoms with Crippen molar-refractivity contribution >= 4 is 11.5 Å². The zero-order valence-electron chi connectivity index (χ0n) is 8.13. The minimum absolute atomic E-state index is 0.187. The van der Waals surface area contributed by atoms with Crippen LogP contribution in [0.1, 0.15) is 35.7 Å². The molecular formula is C11H15NO. The van der Waals surface area contributed by atoms with E-state index in [4.69, 9.17) is 5.73 Å². The van der Waals surface area contributed by atoms with Gasteiger partial charge in [0.05, 0.1) is 0 Å². The van der Waals surface area contributed by atoms with Crippen LogP contribution in [-0.2, 0) is 0 Å². The number of nitrogens with two attached hydrogens (primary N) is 1. The zero-order valence-corrected chi connectivity index (χ0v) is 8.13. The van der Waals surface area contributed by atoms with Crippen LogP contribution in [0.25, 0.3) is 0 Å². The van der Waals surface area contributed by atoms with Crippen LogP contribution in [-0.4, -0.2) is 5.78 Å². The van der Waals surface area contributed by atoms with E-state index in [2.05, 4.69) is 0 Å². The third-order valence-corrected chi connectivity index (χ3v) is 2.04. The van der Waals surface area contributed by atoms with Crippen molar-refractivity contribution in [1.82, 2.24) is 0 Å². The van der Waals surface area contributed by atoms with Gasteiger partial charge in [0.2, 0.25) is 0 Å². The normalized spacial score (nSPS) is 10.0. The average Bonchev–Trinajstić information content (AvgIpc) is 2.09. The van der Waals surface area contributed by atoms with E-state index >= 15 is 0 Å². The summed E-state index contributed by atoms with van der Waals surface area (Å²) < 4.78 is 0. The van der Waals surface area contributed by atoms with E-state index < -0.39 is 0 Å². The van der Waals surface area contributed by atoms with Gasteiger partial charge in [-0.15, -0.1) is 0 Å². The van der Waals surface area contributed by atoms with E-state index in [0.29, 0.717) is 12.1 Å². The highest BCUT2D eigenvalue weighted by Gasteiger charge is 2.07. The van der Waals surface area contributed by atoms with Gasteiger partial charge in [0.25, 0.3) is 0 Å². The van der Waals surface area contributed by atoms with E-state index in [0.717, 1.165) is 17.5 Å². The van der Waals surface area contributed by atoms with Crippen molar-refractivity contribution in [3.8, 4) is 0 Å². The predicted octanol–water partition coefficient (Wildman–Crippen LogP) is 2.56. The third kappa shape index (κ3) is 2.31. The largest absolute Gasteiger partial charge is 0.399 e. The van der Waals surface area contributed by atoms with Gasteiger partial charge < -0.3 is 5.73 Å². The van der Waals surface area contributed by atoms with Crippen molar-refractivity contribution in [1.29, 1.82) is 0 Å². The Balaban J connectivity index is 2.99. The summed E-state index contributed by atoms with van der Waals surface area (Å²) in [5.74, 6) is 0.187. The molecule has 1 aromatic rings. The maximum absolute atomic E-state index is 11.6. The molecule has 0 aromatic heterocycles. The van der Waals surface area contributed by atoms with E-state index in [9.17, 15) is 4.79 Å². The molecule has 0 aliphatic rings. The summed E-state index contributed by atoms with van der Waals surface area (Å²) >= 11 is 0. The fourth-order valence-electron chi connectivity index (χ4n) is 1.30. The van der Waals surface area contributed by atoms with E-state index in [-0.39, 0.29) is 5.78 Å². The van der Waals surface area contributed by atoms with Gasteiger partial charge in [0.1, 0.15) is 0 Å². The second kappa shape index (κ2) is 4.08. The molecule has 0 spiro atoms. The monoisotopic (exact) mass is 177 g/mol. The van der Waals surface area contributed by atoms with Gasteiger partial charge in [-0.3, -0.25) is 4.79 Å². The number of carbonyl (C=O) groups is 1. The molecule has 70 valence electrons. The average molecular weight is 177 g/mol. The first-order valence-corrected chi connectivity index (χ1v) is 4.54. The Hall–Kier alpha value is -1.31. The lowest BCUT2D eigenvalue weighted by Crippen LogP contribution is -2.02. The van der Waals surface area contributed by atoms with Crippen molar-refractivity contribution in [2.24, 2.45) is 0 Å². The van der Waals surface area contributed by atoms with E-state index in [1.807, 2.05) is 26.0 Å². The minimum Gasteiger partial charge on any atom is -0.399 e. The van der Waals surface area contributed by atoms with Crippen LogP contribution in [0.5, 0.6) is 0 Å². The van der Waals surface area contributed by atoms with Crippen molar-refractivity contribution in [3.05, 3.63) is 29.3 Å². The molecular weight excluding hydrogens is 162 g/mol. The molecule has 0 bridgehead atoms. The van der Waals surface area contributed by atoms with Gasteiger partial charge in [0, 0.05) is 17.7 Å². The molecule has 0 unspecified atom stereocenters. The maximum Gasteiger partial charge on any atom is 0.163 e. The smallest absolute Gasteiger partial charge is 0.163 e. The van der Waals surface area contributed by atoms with Crippen LogP contribution < -0.4 is 5.73 Å². The number of hydrogen-bond donors (Lipinski definition) is 1. The molecule has 2 N–H and O–H groups in total. The lowest BCUT2D eigenvalue weighted by Gasteiger charge is -2.04. The molecule has 0 aliphatic heterocycles. The first-order chi connectivity index (χ1) is 6.15. The molecule has 0 saturated carbocycles. The highest BCUT2D eigenvalue weighted by atomic mass is 16.1. The van der Waals surface area contributed by atoms with Gasteiger partial charge in [-0.05, 0) is 31.0 Å². The Morgan fingerprint density at radius 1 is 1.46 bits per heavy atom. The Morgan fingerprint density at radius 3 is 2.77 bits per heavy atom. The summed E-state index contributed by atoms with van der Waals surface area (Å²) in [6, 6.07) is 5.46. The number of ketones is 1. The molecule has 0 fully saturated rings. The van der Waals surface area contributed by atoms with Gasteiger partial charge in [0.15, 0.2) is 5.78 Å². The number of benzene rings is 1. The van der Waals surface area contributed by atoms with Crippen molar-refractivity contribution in [3.63, 3.8) is 0 Å². The van der Waals surface area contributed by atoms with Crippen LogP contribution in [0, 0.1) is 6.92 Å². The maximum atomic E-state index is 11.6. The Kier molecular flexibility index (Phi) is 3.07. The number of Topliss-reactive ketones (excluding diaryl/α,β-unsaturated/α-hetero) is 1. The second-order valence-electron chi connectivity index (χ2n) is 3.25. The second-order valence-corrected chi connectivity index (χ2v) is 3.25. The van der Waals surface area contributed by atoms with Crippen molar-refractivity contribution < 1.29 is 4.79 Å². The summed E-state index contributed by atoms with van der Waals surface area (Å²) in [7, 11) is 0. The number of nitrogen functional groups attached to an aromatic ring is 1. The van der Waals surface area contributed by atoms with Crippen LogP contribution in [0.4, 0.5) is 5.69 Å². The van der Waals surface area contributed by atoms with E-state index in [1.54, 1.807) is 6.07 Å². The van der Waals surface area contributed by atoms with Crippen LogP contribution in [0.2, 0.25) is 0 Å². The topological polar surface area (TPSA) is 43.1 Å². The number of carbonyl (C=O) groups excluding carboxylic acids is 1. The lowest BCUT2D eigenvalue weighted by atomic mass is 10.0. The quantitative estimate of drug-likeness (QED) is 0.569. The van der Waals surface area contributed by atoms with Crippen molar-refractivity contribution in [2.45, 2.75) is 26.7 Å². The van der Waals surface area contributed by atoms with Gasteiger partial charge in [-0.2, -0.15) is 0 Å². The third-order valence-electron chi connectivity index (χ3n) is 2.04. The molecule has 2 nitrogen and oxygen atoms in total. The first-order valence-electron chi connectivity index (χ1n) is 4.54. The Bertz CT molecular complexity index is 318. The summed E-state index contributed by atoms with van der Waals surface area (Å²) in [6.45, 7) is 3.93. The molecule has 1 aromatic carbocycles. The number of anilines is 1. The summed E-state index contributed by atoms with van der Waals surface area (Å²) in [5.41, 5.74) is 8.04. The fourth-order valence-corrected chi connectivity index (χ4v) is 1.30. The molecule has 0 saturated heterocycles. The SMILES string of the molecule is CCCC(=O)c1cc(N)ccc1C. The number of rotatable bonds is 3. The van der Waals surface area contributed by atoms with Gasteiger partial charge in [-0.25, -0.2) is 0 Å². The zero-order chi connectivity index (χ0) is 9.84. The molecule has 0 heterocycles. The van der Waals surface area contributed by atoms with Crippen molar-refractivity contribution in [2.75, 3.05) is 5.73 Å². The lowest BCUT2D eigenvalue weighted by molar-refractivity contribution is 0.0981. The molecule has 0 atom stereocenters. The molecule has 0 radical (unpaired) electrons. The highest BCUT2D eigenvalue weighted by Crippen LogP contribution is 2.15. The summed E-state index contributed by atoms with van der Waals surface area (Å²) in [5, 5.41) is 0. The number of aryl methyl sites for hydroxylation is 1. The standard InChI is InChI=1S/C11H15NO/c1-3-4-11(13)10-7-9(12)6-5-8(10)2/h5-7H,3-4,12H2,1-2H3. The molecule has 0 amide bonds. The first kappa shape index (κ1) is 9.78. The Morgan fingerprint density at radius 2 is 2.15 bits per heavy atom. The van der Waals surface area contributed by atoms with Crippen LogP contribution >= 0.6 is 0 Å². The minimum atomic E-state index is 0.187. The molecule has 0 aliphatic carbocycles.